The van der Waals surface area contributed by atoms with Crippen LogP contribution in [-0.2, 0) is 110 Å². The summed E-state index contributed by atoms with van der Waals surface area (Å²) in [5.74, 6) is -2.04. The van der Waals surface area contributed by atoms with Crippen LogP contribution in [0.25, 0.3) is 33.5 Å². The number of nitrogens with two attached hydrogens (primary N) is 6. The second-order valence-electron chi connectivity index (χ2n) is 28.8. The van der Waals surface area contributed by atoms with Crippen molar-refractivity contribution in [2.75, 3.05) is 74.0 Å². The van der Waals surface area contributed by atoms with Crippen molar-refractivity contribution in [2.45, 2.75) is 148 Å². The number of phosphoric acid groups is 6. The molecule has 5 unspecified atom stereocenters. The number of ether oxygens (including phenoxy) is 6. The molecule has 6 saturated heterocycles. The zero-order valence-corrected chi connectivity index (χ0v) is 70.8. The SMILES string of the molecule is Nc1ccn([C@H]2C[C@H](OP(=O)(O)OC[C@H]3O[C@@H](n4cnc5c(=O)[nH]c(N)nc54)C[C@@H]3OP(=O)(O)OC[C@H]3O[C@@H](n4ccc(N)nc4=O)C[C@@H]3OP(=O)(O)OC[C@H]3O[C@@H](n4cnc5c(=O)[nH]c(N)nc54)C[C@@H]3OP(=O)(O)OC[C@H]3O[C@@H](n4ccc(N)nc4=O)C[C@@H]3OP(=O)(O)OC[C@H]3O[C@@H](n4cnc5c(=O)[nH]c(N)nc54)C[C@@]3(O)P(=O)(O)O)[C@@H](COP(=O)(O)O)O2)c(=O)n1. The summed E-state index contributed by atoms with van der Waals surface area (Å²) in [4.78, 5) is 217. The number of aromatic nitrogens is 18. The topological polar surface area (TPSA) is 930 Å². The fourth-order valence-electron chi connectivity index (χ4n) is 14.4. The normalized spacial score (nSPS) is 29.4. The van der Waals surface area contributed by atoms with Gasteiger partial charge in [0.25, 0.3) is 16.7 Å². The van der Waals surface area contributed by atoms with Crippen molar-refractivity contribution in [3.63, 3.8) is 0 Å². The molecule has 0 bridgehead atoms. The first-order chi connectivity index (χ1) is 60.0. The third kappa shape index (κ3) is 21.0. The van der Waals surface area contributed by atoms with Crippen LogP contribution >= 0.6 is 54.5 Å². The van der Waals surface area contributed by atoms with Crippen LogP contribution in [-0.4, -0.2) is 248 Å². The van der Waals surface area contributed by atoms with Gasteiger partial charge in [-0.1, -0.05) is 0 Å². The number of rotatable bonds is 35. The molecular weight excluding hydrogens is 1880 g/mol. The number of aliphatic hydroxyl groups is 1. The molecule has 6 aliphatic heterocycles. The van der Waals surface area contributed by atoms with E-state index in [0.29, 0.717) is 0 Å². The van der Waals surface area contributed by atoms with Gasteiger partial charge in [-0.3, -0.25) is 111 Å². The third-order valence-corrected chi connectivity index (χ3v) is 27.3. The van der Waals surface area contributed by atoms with Crippen LogP contribution in [0.2, 0.25) is 0 Å². The summed E-state index contributed by atoms with van der Waals surface area (Å²) < 4.78 is 196. The summed E-state index contributed by atoms with van der Waals surface area (Å²) in [5, 5.41) is 8.32. The average molecular weight is 1950 g/mol. The number of nitrogen functional groups attached to an aromatic ring is 6. The number of nitrogens with zero attached hydrogens (tertiary/aromatic N) is 15. The third-order valence-electron chi connectivity index (χ3n) is 20.2. The molecular formula is C57H75N24O40P7. The molecule has 15 rings (SSSR count). The molecule has 698 valence electrons. The molecule has 6 fully saturated rings. The van der Waals surface area contributed by atoms with Gasteiger partial charge < -0.3 is 112 Å². The van der Waals surface area contributed by atoms with Crippen LogP contribution in [0.4, 0.5) is 35.3 Å². The molecule has 128 heavy (non-hydrogen) atoms. The van der Waals surface area contributed by atoms with Gasteiger partial charge in [-0.25, -0.2) is 56.7 Å². The predicted octanol–water partition coefficient (Wildman–Crippen LogP) is -4.14. The van der Waals surface area contributed by atoms with Crippen molar-refractivity contribution in [1.82, 2.24) is 87.2 Å². The lowest BCUT2D eigenvalue weighted by molar-refractivity contribution is -0.0680. The highest BCUT2D eigenvalue weighted by Gasteiger charge is 2.61. The Morgan fingerprint density at radius 1 is 0.367 bits per heavy atom. The van der Waals surface area contributed by atoms with Gasteiger partial charge in [-0.05, 0) is 18.2 Å². The highest BCUT2D eigenvalue weighted by molar-refractivity contribution is 7.53. The van der Waals surface area contributed by atoms with Crippen molar-refractivity contribution < 1.29 is 159 Å². The monoisotopic (exact) mass is 1950 g/mol. The van der Waals surface area contributed by atoms with Crippen LogP contribution in [0.5, 0.6) is 0 Å². The Kier molecular flexibility index (Phi) is 26.3. The Balaban J connectivity index is 0.641. The Hall–Kier alpha value is -8.98. The zero-order chi connectivity index (χ0) is 92.0. The molecule has 0 saturated carbocycles. The van der Waals surface area contributed by atoms with Gasteiger partial charge in [-0.2, -0.15) is 29.9 Å². The van der Waals surface area contributed by atoms with E-state index in [1.807, 2.05) is 0 Å². The van der Waals surface area contributed by atoms with Crippen molar-refractivity contribution in [3.05, 3.63) is 118 Å². The number of phosphoric ester groups is 6. The Bertz CT molecular complexity index is 6480. The number of anilines is 6. The van der Waals surface area contributed by atoms with Gasteiger partial charge in [0.05, 0.1) is 58.6 Å². The van der Waals surface area contributed by atoms with Crippen LogP contribution in [0.1, 0.15) is 75.9 Å². The molecule has 25 N–H and O–H groups in total. The average Bonchev–Trinajstić information content (AvgIpc) is 1.58. The van der Waals surface area contributed by atoms with Crippen molar-refractivity contribution >= 4 is 123 Å². The first-order valence-corrected chi connectivity index (χ1v) is 47.5. The van der Waals surface area contributed by atoms with Crippen molar-refractivity contribution in [3.8, 4) is 0 Å². The highest BCUT2D eigenvalue weighted by atomic mass is 31.2. The van der Waals surface area contributed by atoms with Crippen LogP contribution in [0.3, 0.4) is 0 Å². The van der Waals surface area contributed by atoms with Crippen molar-refractivity contribution in [2.24, 2.45) is 0 Å². The minimum Gasteiger partial charge on any atom is -0.383 e. The second-order valence-corrected chi connectivity index (χ2v) is 38.9. The number of aromatic amines is 3. The molecule has 64 nitrogen and oxygen atoms in total. The largest absolute Gasteiger partial charge is 0.472 e. The van der Waals surface area contributed by atoms with E-state index in [1.165, 1.54) is 6.07 Å². The molecule has 6 aliphatic rings. The Labute approximate surface area is 707 Å². The molecule has 23 atom stereocenters. The molecule has 0 amide bonds. The van der Waals surface area contributed by atoms with E-state index in [2.05, 4.69) is 64.3 Å². The lowest BCUT2D eigenvalue weighted by Crippen LogP contribution is -2.40. The molecule has 0 aliphatic carbocycles. The minimum atomic E-state index is -5.73. The first-order valence-electron chi connectivity index (χ1n) is 36.9. The number of hydrogen-bond acceptors (Lipinski definition) is 46. The van der Waals surface area contributed by atoms with Crippen LogP contribution < -0.4 is 68.1 Å². The smallest absolute Gasteiger partial charge is 0.383 e. The van der Waals surface area contributed by atoms with Crippen molar-refractivity contribution in [1.29, 1.82) is 0 Å². The van der Waals surface area contributed by atoms with E-state index in [0.717, 1.165) is 77.1 Å². The summed E-state index contributed by atoms with van der Waals surface area (Å²) in [6.07, 6.45) is -27.0. The van der Waals surface area contributed by atoms with Gasteiger partial charge >= 0.3 is 71.6 Å². The van der Waals surface area contributed by atoms with E-state index < -0.39 is 294 Å². The number of imidazole rings is 3. The molecule has 9 aromatic rings. The maximum absolute atomic E-state index is 14.5. The summed E-state index contributed by atoms with van der Waals surface area (Å²) in [6, 6.07) is 3.47. The zero-order valence-electron chi connectivity index (χ0n) is 64.5. The van der Waals surface area contributed by atoms with Crippen LogP contribution in [0, 0.1) is 0 Å². The van der Waals surface area contributed by atoms with E-state index in [9.17, 15) is 110 Å². The Morgan fingerprint density at radius 2 is 0.625 bits per heavy atom. The summed E-state index contributed by atoms with van der Waals surface area (Å²) in [7, 11) is -39.3. The van der Waals surface area contributed by atoms with Gasteiger partial charge in [0.1, 0.15) is 122 Å². The molecule has 0 spiro atoms. The fraction of sp³-hybridized carbons (Fsp3) is 0.526. The highest BCUT2D eigenvalue weighted by Crippen LogP contribution is 2.62. The Morgan fingerprint density at radius 3 is 0.891 bits per heavy atom. The second kappa shape index (κ2) is 36.0. The van der Waals surface area contributed by atoms with E-state index in [1.54, 1.807) is 0 Å². The first kappa shape index (κ1) is 93.7. The summed E-state index contributed by atoms with van der Waals surface area (Å²) in [5.41, 5.74) is 27.1. The van der Waals surface area contributed by atoms with E-state index >= 15 is 0 Å². The maximum Gasteiger partial charge on any atom is 0.472 e. The number of nitrogens with one attached hydrogen (secondary N) is 3. The molecule has 0 radical (unpaired) electrons. The van der Waals surface area contributed by atoms with Crippen LogP contribution in [0.15, 0.2) is 84.5 Å². The fourth-order valence-corrected chi connectivity index (χ4v) is 20.5. The molecule has 15 heterocycles. The van der Waals surface area contributed by atoms with Gasteiger partial charge in [0.2, 0.25) is 17.8 Å². The van der Waals surface area contributed by atoms with Gasteiger partial charge in [-0.15, -0.1) is 0 Å². The minimum absolute atomic E-state index is 0.207. The van der Waals surface area contributed by atoms with Gasteiger partial charge in [0.15, 0.2) is 38.8 Å². The molecule has 0 aromatic carbocycles. The summed E-state index contributed by atoms with van der Waals surface area (Å²) >= 11 is 0. The number of H-pyrrole nitrogens is 3. The lowest BCUT2D eigenvalue weighted by atomic mass is 10.2. The quantitative estimate of drug-likeness (QED) is 0.0168. The molecule has 9 aromatic heterocycles. The van der Waals surface area contributed by atoms with Gasteiger partial charge in [0, 0.05) is 57.1 Å². The maximum atomic E-state index is 14.5. The number of fused-ring (bicyclic) bond motifs is 3. The molecule has 71 heteroatoms. The predicted molar refractivity (Wildman–Crippen MR) is 416 cm³/mol. The summed E-state index contributed by atoms with van der Waals surface area (Å²) in [6.45, 7) is -7.10. The lowest BCUT2D eigenvalue weighted by Gasteiger charge is -2.29. The number of hydrogen-bond donors (Lipinski definition) is 19. The van der Waals surface area contributed by atoms with E-state index in [-0.39, 0.29) is 50.9 Å². The van der Waals surface area contributed by atoms with E-state index in [4.69, 9.17) is 108 Å². The standard InChI is InChI=1S/C57H75N24O40P7/c58-33-1-4-76(54(85)67-33)36-7-22(27(111-36)13-105-123(92,93)94)117-124(95,96)108-16-30-25(10-39(114-30)79-19-64-42-45(79)70-51(61)73-48(42)82)119-126(99,100)106-14-28-23(8-37(112-28)77-5-2-34(59)68-55(77)86)118-125(97,98)109-17-31-26(11-40(115-31)80-20-65-43-46(80)71-52(62)74-49(43)83)120-127(101,102)107-15-29-24(9-38(113-29)78-6-3-35(60)69-56(78)87)121-128(103,104)110-18-32-57(88,122(89,90)91)12-41(116-32)81-21-66-44-47(81)72-53(63)75-50(44)84/h1-6,19-32,36-41,88H,7-18H2,(H,95,96)(H,97,98)(H,99,100)(H,101,102)(H,103,104)(H2,58,67,85)(H2,59,68,86)(H2,60,69,87)(H2,89,90,91)(H2,92,93,94)(H3,61,70,73,82)(H3,62,71,74,83)(H3,63,72,75,84)/t22-,23-,24-,25-,26-,27+,28+,29+,30+,31+,32+,36+,37+,38+,39+,40+,41+,57+/m0/s1.